The normalized spacial score (nSPS) is 15.4. The van der Waals surface area contributed by atoms with Gasteiger partial charge in [0, 0.05) is 16.3 Å². The molecule has 1 aliphatic rings. The maximum Gasteiger partial charge on any atom is 0.268 e. The number of hydrogen-bond donors (Lipinski definition) is 1. The lowest BCUT2D eigenvalue weighted by Gasteiger charge is -2.33. The minimum atomic E-state index is -0.602. The van der Waals surface area contributed by atoms with Gasteiger partial charge in [0.05, 0.1) is 12.2 Å². The van der Waals surface area contributed by atoms with E-state index in [9.17, 15) is 9.59 Å². The van der Waals surface area contributed by atoms with Gasteiger partial charge in [-0.2, -0.15) is 0 Å². The highest BCUT2D eigenvalue weighted by Crippen LogP contribution is 2.37. The number of nitrogens with one attached hydrogen (secondary N) is 1. The Morgan fingerprint density at radius 3 is 2.55 bits per heavy atom. The van der Waals surface area contributed by atoms with Crippen LogP contribution in [0.2, 0.25) is 5.02 Å². The largest absolute Gasteiger partial charge is 0.479 e. The molecule has 1 aliphatic heterocycles. The van der Waals surface area contributed by atoms with Gasteiger partial charge in [0.1, 0.15) is 5.75 Å². The van der Waals surface area contributed by atoms with Crippen molar-refractivity contribution in [2.24, 2.45) is 0 Å². The molecule has 4 rings (SSSR count). The van der Waals surface area contributed by atoms with E-state index in [-0.39, 0.29) is 11.8 Å². The summed E-state index contributed by atoms with van der Waals surface area (Å²) >= 11 is 6.30. The number of anilines is 2. The Balaban J connectivity index is 1.65. The molecule has 1 unspecified atom stereocenters. The van der Waals surface area contributed by atoms with Crippen LogP contribution >= 0.6 is 11.6 Å². The summed E-state index contributed by atoms with van der Waals surface area (Å²) in [7, 11) is 0. The first kappa shape index (κ1) is 19.0. The summed E-state index contributed by atoms with van der Waals surface area (Å²) in [4.78, 5) is 26.9. The molecule has 2 amide bonds. The van der Waals surface area contributed by atoms with Gasteiger partial charge in [0.25, 0.3) is 11.8 Å². The Hall–Kier alpha value is -3.31. The Kier molecular flexibility index (Phi) is 5.23. The predicted molar refractivity (Wildman–Crippen MR) is 114 cm³/mol. The molecule has 0 fully saturated rings. The fourth-order valence-corrected chi connectivity index (χ4v) is 3.43. The Morgan fingerprint density at radius 1 is 1.07 bits per heavy atom. The van der Waals surface area contributed by atoms with Gasteiger partial charge >= 0.3 is 0 Å². The highest BCUT2D eigenvalue weighted by Gasteiger charge is 2.32. The van der Waals surface area contributed by atoms with E-state index in [1.807, 2.05) is 24.3 Å². The average Bonchev–Trinajstić information content (AvgIpc) is 2.73. The van der Waals surface area contributed by atoms with Crippen LogP contribution in [0.5, 0.6) is 5.75 Å². The molecular formula is C23H19ClN2O3. The van der Waals surface area contributed by atoms with Crippen molar-refractivity contribution < 1.29 is 14.3 Å². The first-order valence-corrected chi connectivity index (χ1v) is 9.62. The summed E-state index contributed by atoms with van der Waals surface area (Å²) in [6.07, 6.45) is -0.602. The lowest BCUT2D eigenvalue weighted by atomic mass is 10.1. The predicted octanol–water partition coefficient (Wildman–Crippen LogP) is 4.91. The van der Waals surface area contributed by atoms with Crippen molar-refractivity contribution >= 4 is 34.8 Å². The molecule has 0 aromatic heterocycles. The van der Waals surface area contributed by atoms with Gasteiger partial charge in [-0.05, 0) is 48.9 Å². The number of ether oxygens (including phenoxy) is 1. The Labute approximate surface area is 173 Å². The fraction of sp³-hybridized carbons (Fsp3) is 0.130. The van der Waals surface area contributed by atoms with E-state index in [0.29, 0.717) is 34.3 Å². The van der Waals surface area contributed by atoms with E-state index in [4.69, 9.17) is 16.3 Å². The molecule has 146 valence electrons. The number of halogens is 1. The standard InChI is InChI=1S/C23H19ClN2O3/c1-15-23(28)26(14-17-9-5-6-10-19(17)24)20-13-18(11-12-21(20)29-15)25-22(27)16-7-3-2-4-8-16/h2-13,15H,14H2,1H3,(H,25,27). The highest BCUT2D eigenvalue weighted by atomic mass is 35.5. The summed E-state index contributed by atoms with van der Waals surface area (Å²) in [6.45, 7) is 2.03. The second kappa shape index (κ2) is 7.97. The third kappa shape index (κ3) is 3.96. The van der Waals surface area contributed by atoms with Gasteiger partial charge < -0.3 is 15.0 Å². The maximum absolute atomic E-state index is 12.8. The van der Waals surface area contributed by atoms with Crippen molar-refractivity contribution in [1.29, 1.82) is 0 Å². The number of fused-ring (bicyclic) bond motifs is 1. The van der Waals surface area contributed by atoms with Crippen LogP contribution in [0.1, 0.15) is 22.8 Å². The summed E-state index contributed by atoms with van der Waals surface area (Å²) in [5.41, 5.74) is 2.56. The summed E-state index contributed by atoms with van der Waals surface area (Å²) in [5, 5.41) is 3.46. The number of carbonyl (C=O) groups excluding carboxylic acids is 2. The van der Waals surface area contributed by atoms with Crippen LogP contribution in [0.4, 0.5) is 11.4 Å². The molecule has 29 heavy (non-hydrogen) atoms. The summed E-state index contributed by atoms with van der Waals surface area (Å²) in [5.74, 6) is 0.199. The Morgan fingerprint density at radius 2 is 1.79 bits per heavy atom. The van der Waals surface area contributed by atoms with Crippen molar-refractivity contribution in [2.75, 3.05) is 10.2 Å². The van der Waals surface area contributed by atoms with E-state index in [1.165, 1.54) is 0 Å². The lowest BCUT2D eigenvalue weighted by Crippen LogP contribution is -2.44. The van der Waals surface area contributed by atoms with Crippen LogP contribution in [0.25, 0.3) is 0 Å². The molecule has 6 heteroatoms. The average molecular weight is 407 g/mol. The van der Waals surface area contributed by atoms with Crippen LogP contribution in [0, 0.1) is 0 Å². The SMILES string of the molecule is CC1Oc2ccc(NC(=O)c3ccccc3)cc2N(Cc2ccccc2Cl)C1=O. The van der Waals surface area contributed by atoms with Crippen LogP contribution < -0.4 is 15.0 Å². The second-order valence-corrected chi connectivity index (χ2v) is 7.19. The van der Waals surface area contributed by atoms with Crippen molar-refractivity contribution in [1.82, 2.24) is 0 Å². The van der Waals surface area contributed by atoms with Crippen molar-refractivity contribution in [3.05, 3.63) is 88.9 Å². The molecular weight excluding hydrogens is 388 g/mol. The molecule has 5 nitrogen and oxygen atoms in total. The number of carbonyl (C=O) groups is 2. The molecule has 3 aromatic rings. The van der Waals surface area contributed by atoms with Gasteiger partial charge in [0.15, 0.2) is 6.10 Å². The first-order valence-electron chi connectivity index (χ1n) is 9.25. The van der Waals surface area contributed by atoms with Crippen LogP contribution in [0.15, 0.2) is 72.8 Å². The number of benzene rings is 3. The van der Waals surface area contributed by atoms with E-state index < -0.39 is 6.10 Å². The van der Waals surface area contributed by atoms with Gasteiger partial charge in [-0.1, -0.05) is 48.0 Å². The van der Waals surface area contributed by atoms with Crippen LogP contribution in [0.3, 0.4) is 0 Å². The third-order valence-electron chi connectivity index (χ3n) is 4.75. The number of hydrogen-bond acceptors (Lipinski definition) is 3. The van der Waals surface area contributed by atoms with Crippen molar-refractivity contribution in [3.8, 4) is 5.75 Å². The van der Waals surface area contributed by atoms with Gasteiger partial charge in [-0.15, -0.1) is 0 Å². The smallest absolute Gasteiger partial charge is 0.268 e. The zero-order chi connectivity index (χ0) is 20.4. The van der Waals surface area contributed by atoms with E-state index in [0.717, 1.165) is 5.56 Å². The summed E-state index contributed by atoms with van der Waals surface area (Å²) < 4.78 is 5.75. The number of nitrogens with zero attached hydrogens (tertiary/aromatic N) is 1. The molecule has 1 atom stereocenters. The quantitative estimate of drug-likeness (QED) is 0.670. The minimum absolute atomic E-state index is 0.163. The Bertz CT molecular complexity index is 1070. The number of rotatable bonds is 4. The zero-order valence-electron chi connectivity index (χ0n) is 15.8. The van der Waals surface area contributed by atoms with E-state index in [2.05, 4.69) is 5.32 Å². The first-order chi connectivity index (χ1) is 14.0. The monoisotopic (exact) mass is 406 g/mol. The molecule has 1 N–H and O–H groups in total. The molecule has 0 spiro atoms. The van der Waals surface area contributed by atoms with E-state index >= 15 is 0 Å². The van der Waals surface area contributed by atoms with Crippen LogP contribution in [-0.2, 0) is 11.3 Å². The molecule has 0 radical (unpaired) electrons. The van der Waals surface area contributed by atoms with Gasteiger partial charge in [-0.25, -0.2) is 0 Å². The molecule has 1 heterocycles. The topological polar surface area (TPSA) is 58.6 Å². The molecule has 0 bridgehead atoms. The van der Waals surface area contributed by atoms with Gasteiger partial charge in [-0.3, -0.25) is 9.59 Å². The fourth-order valence-electron chi connectivity index (χ4n) is 3.24. The van der Waals surface area contributed by atoms with Crippen molar-refractivity contribution in [2.45, 2.75) is 19.6 Å². The number of amides is 2. The van der Waals surface area contributed by atoms with Crippen LogP contribution in [-0.4, -0.2) is 17.9 Å². The zero-order valence-corrected chi connectivity index (χ0v) is 16.5. The summed E-state index contributed by atoms with van der Waals surface area (Å²) in [6, 6.07) is 21.6. The van der Waals surface area contributed by atoms with E-state index in [1.54, 1.807) is 60.4 Å². The molecule has 0 saturated carbocycles. The second-order valence-electron chi connectivity index (χ2n) is 6.78. The third-order valence-corrected chi connectivity index (χ3v) is 5.12. The maximum atomic E-state index is 12.8. The van der Waals surface area contributed by atoms with Gasteiger partial charge in [0.2, 0.25) is 0 Å². The minimum Gasteiger partial charge on any atom is -0.479 e. The molecule has 0 aliphatic carbocycles. The lowest BCUT2D eigenvalue weighted by molar-refractivity contribution is -0.125. The molecule has 0 saturated heterocycles. The highest BCUT2D eigenvalue weighted by molar-refractivity contribution is 6.31. The molecule has 3 aromatic carbocycles. The van der Waals surface area contributed by atoms with Crippen molar-refractivity contribution in [3.63, 3.8) is 0 Å².